The van der Waals surface area contributed by atoms with Crippen molar-refractivity contribution < 1.29 is 0 Å². The third-order valence-corrected chi connectivity index (χ3v) is 2.67. The van der Waals surface area contributed by atoms with Gasteiger partial charge in [-0.2, -0.15) is 0 Å². The SMILES string of the molecule is CNCCc1ncn(C)c1-c1ccccc1. The molecule has 0 bridgehead atoms. The third kappa shape index (κ3) is 2.14. The van der Waals surface area contributed by atoms with E-state index in [4.69, 9.17) is 0 Å². The van der Waals surface area contributed by atoms with Crippen molar-refractivity contribution in [3.8, 4) is 11.3 Å². The first-order chi connectivity index (χ1) is 7.83. The van der Waals surface area contributed by atoms with Gasteiger partial charge in [-0.3, -0.25) is 0 Å². The number of likely N-dealkylation sites (N-methyl/N-ethyl adjacent to an activating group) is 1. The van der Waals surface area contributed by atoms with E-state index < -0.39 is 0 Å². The molecule has 0 atom stereocenters. The number of nitrogens with one attached hydrogen (secondary N) is 1. The second-order valence-electron chi connectivity index (χ2n) is 3.87. The molecule has 1 aromatic heterocycles. The van der Waals surface area contributed by atoms with Gasteiger partial charge in [-0.25, -0.2) is 4.98 Å². The van der Waals surface area contributed by atoms with Crippen molar-refractivity contribution in [2.75, 3.05) is 13.6 Å². The van der Waals surface area contributed by atoms with E-state index in [9.17, 15) is 0 Å². The van der Waals surface area contributed by atoms with Gasteiger partial charge in [0.05, 0.1) is 17.7 Å². The fraction of sp³-hybridized carbons (Fsp3) is 0.308. The van der Waals surface area contributed by atoms with Gasteiger partial charge in [0.25, 0.3) is 0 Å². The second-order valence-corrected chi connectivity index (χ2v) is 3.87. The van der Waals surface area contributed by atoms with Gasteiger partial charge in [-0.15, -0.1) is 0 Å². The van der Waals surface area contributed by atoms with E-state index in [1.807, 2.05) is 26.5 Å². The summed E-state index contributed by atoms with van der Waals surface area (Å²) in [5.41, 5.74) is 3.60. The molecule has 3 heteroatoms. The fourth-order valence-corrected chi connectivity index (χ4v) is 1.87. The lowest BCUT2D eigenvalue weighted by atomic mass is 10.1. The van der Waals surface area contributed by atoms with Crippen LogP contribution in [-0.2, 0) is 13.5 Å². The number of benzene rings is 1. The average Bonchev–Trinajstić information content (AvgIpc) is 2.69. The second kappa shape index (κ2) is 4.94. The Morgan fingerprint density at radius 3 is 2.69 bits per heavy atom. The summed E-state index contributed by atoms with van der Waals surface area (Å²) in [5.74, 6) is 0. The Bertz CT molecular complexity index is 445. The zero-order valence-electron chi connectivity index (χ0n) is 9.77. The Morgan fingerprint density at radius 2 is 2.00 bits per heavy atom. The first kappa shape index (κ1) is 10.9. The molecule has 0 saturated carbocycles. The first-order valence-electron chi connectivity index (χ1n) is 5.53. The number of nitrogens with zero attached hydrogens (tertiary/aromatic N) is 2. The number of aryl methyl sites for hydroxylation is 1. The average molecular weight is 215 g/mol. The molecule has 1 N–H and O–H groups in total. The summed E-state index contributed by atoms with van der Waals surface area (Å²) in [4.78, 5) is 4.45. The van der Waals surface area contributed by atoms with Gasteiger partial charge in [0, 0.05) is 25.6 Å². The van der Waals surface area contributed by atoms with Crippen molar-refractivity contribution in [2.45, 2.75) is 6.42 Å². The van der Waals surface area contributed by atoms with Gasteiger partial charge in [-0.1, -0.05) is 30.3 Å². The highest BCUT2D eigenvalue weighted by atomic mass is 15.0. The van der Waals surface area contributed by atoms with E-state index in [-0.39, 0.29) is 0 Å². The van der Waals surface area contributed by atoms with Crippen LogP contribution in [0, 0.1) is 0 Å². The lowest BCUT2D eigenvalue weighted by Gasteiger charge is -2.06. The van der Waals surface area contributed by atoms with Crippen LogP contribution >= 0.6 is 0 Å². The maximum atomic E-state index is 4.45. The number of hydrogen-bond donors (Lipinski definition) is 1. The summed E-state index contributed by atoms with van der Waals surface area (Å²) >= 11 is 0. The van der Waals surface area contributed by atoms with Crippen LogP contribution in [0.2, 0.25) is 0 Å². The molecule has 0 unspecified atom stereocenters. The van der Waals surface area contributed by atoms with Crippen molar-refractivity contribution in [1.29, 1.82) is 0 Å². The van der Waals surface area contributed by atoms with Crippen LogP contribution in [0.25, 0.3) is 11.3 Å². The van der Waals surface area contributed by atoms with Crippen molar-refractivity contribution in [2.24, 2.45) is 7.05 Å². The zero-order chi connectivity index (χ0) is 11.4. The monoisotopic (exact) mass is 215 g/mol. The van der Waals surface area contributed by atoms with Gasteiger partial charge >= 0.3 is 0 Å². The van der Waals surface area contributed by atoms with E-state index in [1.54, 1.807) is 0 Å². The normalized spacial score (nSPS) is 10.6. The Labute approximate surface area is 96.1 Å². The molecular formula is C13H17N3. The predicted octanol–water partition coefficient (Wildman–Crippen LogP) is 1.85. The molecule has 0 saturated heterocycles. The molecule has 1 heterocycles. The van der Waals surface area contributed by atoms with Crippen LogP contribution in [0.3, 0.4) is 0 Å². The molecule has 0 amide bonds. The summed E-state index contributed by atoms with van der Waals surface area (Å²) in [6, 6.07) is 10.4. The predicted molar refractivity (Wildman–Crippen MR) is 66.3 cm³/mol. The van der Waals surface area contributed by atoms with Gasteiger partial charge in [0.2, 0.25) is 0 Å². The molecule has 0 fully saturated rings. The van der Waals surface area contributed by atoms with E-state index in [0.29, 0.717) is 0 Å². The number of imidazole rings is 1. The lowest BCUT2D eigenvalue weighted by molar-refractivity contribution is 0.780. The highest BCUT2D eigenvalue weighted by Gasteiger charge is 2.09. The van der Waals surface area contributed by atoms with Crippen LogP contribution < -0.4 is 5.32 Å². The fourth-order valence-electron chi connectivity index (χ4n) is 1.87. The van der Waals surface area contributed by atoms with E-state index in [0.717, 1.165) is 18.7 Å². The molecule has 84 valence electrons. The minimum absolute atomic E-state index is 0.955. The van der Waals surface area contributed by atoms with E-state index >= 15 is 0 Å². The molecule has 0 aliphatic rings. The van der Waals surface area contributed by atoms with Gasteiger partial charge in [-0.05, 0) is 7.05 Å². The maximum Gasteiger partial charge on any atom is 0.0951 e. The lowest BCUT2D eigenvalue weighted by Crippen LogP contribution is -2.11. The molecule has 2 rings (SSSR count). The Hall–Kier alpha value is -1.61. The maximum absolute atomic E-state index is 4.45. The first-order valence-corrected chi connectivity index (χ1v) is 5.53. The van der Waals surface area contributed by atoms with Crippen molar-refractivity contribution >= 4 is 0 Å². The summed E-state index contributed by atoms with van der Waals surface area (Å²) in [6.07, 6.45) is 2.84. The molecule has 0 radical (unpaired) electrons. The number of hydrogen-bond acceptors (Lipinski definition) is 2. The molecular weight excluding hydrogens is 198 g/mol. The number of rotatable bonds is 4. The van der Waals surface area contributed by atoms with Crippen LogP contribution in [0.1, 0.15) is 5.69 Å². The standard InChI is InChI=1S/C13H17N3/c1-14-9-8-12-13(16(2)10-15-12)11-6-4-3-5-7-11/h3-7,10,14H,8-9H2,1-2H3. The summed E-state index contributed by atoms with van der Waals surface area (Å²) < 4.78 is 2.08. The quantitative estimate of drug-likeness (QED) is 0.843. The topological polar surface area (TPSA) is 29.9 Å². The molecule has 0 aliphatic carbocycles. The van der Waals surface area contributed by atoms with Crippen molar-refractivity contribution in [3.05, 3.63) is 42.4 Å². The molecule has 2 aromatic rings. The molecule has 0 spiro atoms. The minimum atomic E-state index is 0.955. The summed E-state index contributed by atoms with van der Waals surface area (Å²) in [6.45, 7) is 0.955. The largest absolute Gasteiger partial charge is 0.334 e. The molecule has 1 aromatic carbocycles. The molecule has 0 aliphatic heterocycles. The van der Waals surface area contributed by atoms with Crippen LogP contribution in [-0.4, -0.2) is 23.1 Å². The molecule has 16 heavy (non-hydrogen) atoms. The molecule has 3 nitrogen and oxygen atoms in total. The highest BCUT2D eigenvalue weighted by molar-refractivity contribution is 5.62. The van der Waals surface area contributed by atoms with Crippen molar-refractivity contribution in [3.63, 3.8) is 0 Å². The van der Waals surface area contributed by atoms with Gasteiger partial charge in [0.1, 0.15) is 0 Å². The third-order valence-electron chi connectivity index (χ3n) is 2.67. The smallest absolute Gasteiger partial charge is 0.0951 e. The Balaban J connectivity index is 2.35. The summed E-state index contributed by atoms with van der Waals surface area (Å²) in [7, 11) is 4.00. The highest BCUT2D eigenvalue weighted by Crippen LogP contribution is 2.22. The minimum Gasteiger partial charge on any atom is -0.334 e. The van der Waals surface area contributed by atoms with Crippen LogP contribution in [0.5, 0.6) is 0 Å². The zero-order valence-corrected chi connectivity index (χ0v) is 9.77. The summed E-state index contributed by atoms with van der Waals surface area (Å²) in [5, 5.41) is 3.15. The van der Waals surface area contributed by atoms with Crippen LogP contribution in [0.4, 0.5) is 0 Å². The van der Waals surface area contributed by atoms with Gasteiger partial charge < -0.3 is 9.88 Å². The van der Waals surface area contributed by atoms with Crippen LogP contribution in [0.15, 0.2) is 36.7 Å². The van der Waals surface area contributed by atoms with Gasteiger partial charge in [0.15, 0.2) is 0 Å². The van der Waals surface area contributed by atoms with E-state index in [2.05, 4.69) is 39.1 Å². The Kier molecular flexibility index (Phi) is 3.37. The number of aromatic nitrogens is 2. The van der Waals surface area contributed by atoms with E-state index in [1.165, 1.54) is 11.3 Å². The van der Waals surface area contributed by atoms with Crippen molar-refractivity contribution in [1.82, 2.24) is 14.9 Å². The Morgan fingerprint density at radius 1 is 1.25 bits per heavy atom.